The quantitative estimate of drug-likeness (QED) is 0.818. The molecule has 2 atom stereocenters. The number of carbonyl (C=O) groups is 1. The van der Waals surface area contributed by atoms with Crippen molar-refractivity contribution >= 4 is 5.91 Å². The van der Waals surface area contributed by atoms with Gasteiger partial charge in [0.15, 0.2) is 0 Å². The number of aliphatic hydroxyl groups excluding tert-OH is 1. The molecule has 0 bridgehead atoms. The first-order chi connectivity index (χ1) is 12.5. The summed E-state index contributed by atoms with van der Waals surface area (Å²) in [6.45, 7) is 8.45. The normalized spacial score (nSPS) is 25.8. The fourth-order valence-electron chi connectivity index (χ4n) is 4.01. The molecule has 7 heteroatoms. The summed E-state index contributed by atoms with van der Waals surface area (Å²) in [7, 11) is 0. The van der Waals surface area contributed by atoms with Crippen LogP contribution in [0.5, 0.6) is 0 Å². The van der Waals surface area contributed by atoms with E-state index in [1.54, 1.807) is 0 Å². The zero-order valence-electron chi connectivity index (χ0n) is 16.0. The summed E-state index contributed by atoms with van der Waals surface area (Å²) in [4.78, 5) is 16.8. The minimum atomic E-state index is -0.544. The minimum Gasteiger partial charge on any atom is -0.390 e. The van der Waals surface area contributed by atoms with Crippen molar-refractivity contribution in [1.29, 1.82) is 0 Å². The maximum absolute atomic E-state index is 12.4. The van der Waals surface area contributed by atoms with E-state index in [1.165, 1.54) is 25.7 Å². The Labute approximate surface area is 155 Å². The van der Waals surface area contributed by atoms with Crippen LogP contribution in [0.1, 0.15) is 49.1 Å². The smallest absolute Gasteiger partial charge is 0.234 e. The number of β-amino-alcohol motifs (C(OH)–C–C–N with tert-alkyl or cyclic N) is 1. The number of nitrogens with zero attached hydrogens (tertiary/aromatic N) is 3. The maximum atomic E-state index is 12.4. The van der Waals surface area contributed by atoms with E-state index in [-0.39, 0.29) is 11.9 Å². The molecule has 1 aromatic heterocycles. The lowest BCUT2D eigenvalue weighted by Gasteiger charge is -2.36. The SMILES string of the molecule is Cc1noc(C)c1CN1CC[C@@H](NC(=O)CN2CCCCCC2)[C@H](O)C1. The van der Waals surface area contributed by atoms with E-state index >= 15 is 0 Å². The van der Waals surface area contributed by atoms with E-state index in [2.05, 4.69) is 20.3 Å². The van der Waals surface area contributed by atoms with Gasteiger partial charge in [-0.3, -0.25) is 14.6 Å². The van der Waals surface area contributed by atoms with Crippen LogP contribution >= 0.6 is 0 Å². The molecule has 2 fully saturated rings. The Balaban J connectivity index is 1.45. The van der Waals surface area contributed by atoms with Crippen LogP contribution in [-0.2, 0) is 11.3 Å². The molecule has 2 saturated heterocycles. The van der Waals surface area contributed by atoms with Gasteiger partial charge in [0.25, 0.3) is 0 Å². The Kier molecular flexibility index (Phi) is 6.67. The molecule has 0 spiro atoms. The summed E-state index contributed by atoms with van der Waals surface area (Å²) in [6.07, 6.45) is 5.10. The largest absolute Gasteiger partial charge is 0.390 e. The van der Waals surface area contributed by atoms with Crippen LogP contribution in [0.2, 0.25) is 0 Å². The fraction of sp³-hybridized carbons (Fsp3) is 0.789. The van der Waals surface area contributed by atoms with Gasteiger partial charge >= 0.3 is 0 Å². The number of amides is 1. The topological polar surface area (TPSA) is 81.8 Å². The van der Waals surface area contributed by atoms with Crippen LogP contribution in [0.4, 0.5) is 0 Å². The molecule has 1 aromatic rings. The molecule has 0 unspecified atom stereocenters. The second-order valence-electron chi connectivity index (χ2n) is 7.76. The van der Waals surface area contributed by atoms with Crippen molar-refractivity contribution in [3.05, 3.63) is 17.0 Å². The second kappa shape index (κ2) is 8.97. The first kappa shape index (κ1) is 19.3. The first-order valence-electron chi connectivity index (χ1n) is 9.87. The van der Waals surface area contributed by atoms with Crippen molar-refractivity contribution < 1.29 is 14.4 Å². The first-order valence-corrected chi connectivity index (χ1v) is 9.87. The number of piperidine rings is 1. The van der Waals surface area contributed by atoms with Crippen LogP contribution in [0, 0.1) is 13.8 Å². The molecule has 0 aromatic carbocycles. The highest BCUT2D eigenvalue weighted by Crippen LogP contribution is 2.19. The van der Waals surface area contributed by atoms with Gasteiger partial charge in [-0.15, -0.1) is 0 Å². The Morgan fingerprint density at radius 1 is 1.19 bits per heavy atom. The lowest BCUT2D eigenvalue weighted by Crippen LogP contribution is -2.55. The van der Waals surface area contributed by atoms with Crippen molar-refractivity contribution in [3.63, 3.8) is 0 Å². The number of nitrogens with one attached hydrogen (secondary N) is 1. The molecule has 2 N–H and O–H groups in total. The van der Waals surface area contributed by atoms with Crippen molar-refractivity contribution in [3.8, 4) is 0 Å². The summed E-state index contributed by atoms with van der Waals surface area (Å²) in [5.74, 6) is 0.875. The lowest BCUT2D eigenvalue weighted by molar-refractivity contribution is -0.124. The monoisotopic (exact) mass is 364 g/mol. The van der Waals surface area contributed by atoms with Crippen LogP contribution in [0.3, 0.4) is 0 Å². The van der Waals surface area contributed by atoms with E-state index in [0.717, 1.165) is 49.6 Å². The van der Waals surface area contributed by atoms with E-state index in [0.29, 0.717) is 13.1 Å². The summed E-state index contributed by atoms with van der Waals surface area (Å²) < 4.78 is 5.22. The maximum Gasteiger partial charge on any atom is 0.234 e. The molecule has 0 radical (unpaired) electrons. The lowest BCUT2D eigenvalue weighted by atomic mass is 10.0. The molecule has 0 saturated carbocycles. The zero-order valence-corrected chi connectivity index (χ0v) is 16.0. The van der Waals surface area contributed by atoms with Gasteiger partial charge in [-0.25, -0.2) is 0 Å². The highest BCUT2D eigenvalue weighted by atomic mass is 16.5. The van der Waals surface area contributed by atoms with Crippen molar-refractivity contribution in [2.75, 3.05) is 32.7 Å². The summed E-state index contributed by atoms with van der Waals surface area (Å²) in [6, 6.07) is -0.157. The number of carbonyl (C=O) groups excluding carboxylic acids is 1. The molecule has 7 nitrogen and oxygen atoms in total. The molecular weight excluding hydrogens is 332 g/mol. The summed E-state index contributed by atoms with van der Waals surface area (Å²) in [5.41, 5.74) is 2.01. The number of aromatic nitrogens is 1. The van der Waals surface area contributed by atoms with E-state index in [1.807, 2.05) is 13.8 Å². The molecule has 3 rings (SSSR count). The third-order valence-electron chi connectivity index (χ3n) is 5.64. The predicted molar refractivity (Wildman–Crippen MR) is 98.7 cm³/mol. The average Bonchev–Trinajstić information content (AvgIpc) is 2.80. The second-order valence-corrected chi connectivity index (χ2v) is 7.76. The van der Waals surface area contributed by atoms with Gasteiger partial charge in [-0.05, 0) is 46.2 Å². The standard InChI is InChI=1S/C19H32N4O3/c1-14-16(15(2)26-21-14)11-23-10-7-17(18(24)12-23)20-19(25)13-22-8-5-3-4-6-9-22/h17-18,24H,3-13H2,1-2H3,(H,20,25)/t17-,18-/m1/s1. The number of rotatable bonds is 5. The number of hydrogen-bond donors (Lipinski definition) is 2. The number of likely N-dealkylation sites (tertiary alicyclic amines) is 2. The zero-order chi connectivity index (χ0) is 18.5. The Morgan fingerprint density at radius 3 is 2.54 bits per heavy atom. The number of aliphatic hydroxyl groups is 1. The Bertz CT molecular complexity index is 576. The van der Waals surface area contributed by atoms with Crippen LogP contribution < -0.4 is 5.32 Å². The van der Waals surface area contributed by atoms with E-state index < -0.39 is 6.10 Å². The Morgan fingerprint density at radius 2 is 1.92 bits per heavy atom. The van der Waals surface area contributed by atoms with Gasteiger partial charge in [0.05, 0.1) is 24.4 Å². The van der Waals surface area contributed by atoms with Gasteiger partial charge in [0.2, 0.25) is 5.91 Å². The van der Waals surface area contributed by atoms with E-state index in [9.17, 15) is 9.90 Å². The fourth-order valence-corrected chi connectivity index (χ4v) is 4.01. The van der Waals surface area contributed by atoms with Gasteiger partial charge in [0.1, 0.15) is 5.76 Å². The third kappa shape index (κ3) is 5.05. The molecular formula is C19H32N4O3. The molecule has 2 aliphatic rings. The highest BCUT2D eigenvalue weighted by Gasteiger charge is 2.30. The van der Waals surface area contributed by atoms with Crippen molar-refractivity contribution in [2.45, 2.75) is 64.6 Å². The van der Waals surface area contributed by atoms with Crippen LogP contribution in [0.15, 0.2) is 4.52 Å². The van der Waals surface area contributed by atoms with Crippen LogP contribution in [0.25, 0.3) is 0 Å². The minimum absolute atomic E-state index is 0.0372. The van der Waals surface area contributed by atoms with Gasteiger partial charge < -0.3 is 14.9 Å². The average molecular weight is 364 g/mol. The third-order valence-corrected chi connectivity index (χ3v) is 5.64. The molecule has 2 aliphatic heterocycles. The molecule has 3 heterocycles. The van der Waals surface area contributed by atoms with Crippen molar-refractivity contribution in [2.24, 2.45) is 0 Å². The number of aryl methyl sites for hydroxylation is 2. The predicted octanol–water partition coefficient (Wildman–Crippen LogP) is 1.22. The van der Waals surface area contributed by atoms with Gasteiger partial charge in [-0.1, -0.05) is 18.0 Å². The van der Waals surface area contributed by atoms with Gasteiger partial charge in [0, 0.05) is 25.2 Å². The molecule has 0 aliphatic carbocycles. The molecule has 26 heavy (non-hydrogen) atoms. The molecule has 146 valence electrons. The summed E-state index contributed by atoms with van der Waals surface area (Å²) in [5, 5.41) is 17.5. The van der Waals surface area contributed by atoms with E-state index in [4.69, 9.17) is 4.52 Å². The molecule has 1 amide bonds. The van der Waals surface area contributed by atoms with Crippen LogP contribution in [-0.4, -0.2) is 70.8 Å². The number of hydrogen-bond acceptors (Lipinski definition) is 6. The van der Waals surface area contributed by atoms with Gasteiger partial charge in [-0.2, -0.15) is 0 Å². The Hall–Kier alpha value is -1.44. The van der Waals surface area contributed by atoms with Crippen molar-refractivity contribution in [1.82, 2.24) is 20.3 Å². The highest BCUT2D eigenvalue weighted by molar-refractivity contribution is 5.78. The summed E-state index contributed by atoms with van der Waals surface area (Å²) >= 11 is 0.